The lowest BCUT2D eigenvalue weighted by molar-refractivity contribution is -0.274. The first-order valence-electron chi connectivity index (χ1n) is 11.3. The second-order valence-corrected chi connectivity index (χ2v) is 8.42. The molecule has 36 heavy (non-hydrogen) atoms. The molecule has 0 saturated heterocycles. The van der Waals surface area contributed by atoms with Crippen molar-refractivity contribution in [3.63, 3.8) is 0 Å². The van der Waals surface area contributed by atoms with Crippen molar-refractivity contribution in [3.8, 4) is 11.8 Å². The number of nitrogens with zero attached hydrogens (tertiary/aromatic N) is 1. The molecule has 0 aromatic heterocycles. The lowest BCUT2D eigenvalue weighted by Gasteiger charge is -2.43. The molecule has 0 spiro atoms. The summed E-state index contributed by atoms with van der Waals surface area (Å²) >= 11 is 0. The van der Waals surface area contributed by atoms with Gasteiger partial charge in [0, 0.05) is 19.4 Å². The van der Waals surface area contributed by atoms with Crippen LogP contribution in [0.4, 0.5) is 13.2 Å². The summed E-state index contributed by atoms with van der Waals surface area (Å²) in [7, 11) is 0. The third-order valence-corrected chi connectivity index (χ3v) is 5.83. The smallest absolute Gasteiger partial charge is 0.406 e. The van der Waals surface area contributed by atoms with Gasteiger partial charge < -0.3 is 29.7 Å². The number of halogens is 3. The predicted octanol–water partition coefficient (Wildman–Crippen LogP) is 2.95. The average Bonchev–Trinajstić information content (AvgIpc) is 2.83. The van der Waals surface area contributed by atoms with Gasteiger partial charge in [-0.2, -0.15) is 5.26 Å². The van der Waals surface area contributed by atoms with Gasteiger partial charge in [0.25, 0.3) is 5.91 Å². The SMILES string of the molecule is CCNC(=O)[C@@]1(OCc2ccccc2C#N)CC(OCc2cccc(OC(F)(F)F)c2)[C@H](O)[C@H](O)C1. The number of nitriles is 1. The van der Waals surface area contributed by atoms with E-state index in [1.54, 1.807) is 31.2 Å². The highest BCUT2D eigenvalue weighted by Crippen LogP contribution is 2.36. The zero-order chi connectivity index (χ0) is 26.3. The topological polar surface area (TPSA) is 121 Å². The van der Waals surface area contributed by atoms with Crippen molar-refractivity contribution in [1.82, 2.24) is 5.32 Å². The molecular weight excluding hydrogens is 481 g/mol. The lowest BCUT2D eigenvalue weighted by Crippen LogP contribution is -2.60. The number of amides is 1. The van der Waals surface area contributed by atoms with Crippen LogP contribution in [-0.2, 0) is 27.5 Å². The molecule has 0 heterocycles. The molecule has 8 nitrogen and oxygen atoms in total. The normalized spacial score (nSPS) is 24.1. The first kappa shape index (κ1) is 27.4. The van der Waals surface area contributed by atoms with Crippen molar-refractivity contribution < 1.29 is 42.4 Å². The largest absolute Gasteiger partial charge is 0.573 e. The Bertz CT molecular complexity index is 1090. The first-order chi connectivity index (χ1) is 17.1. The molecule has 1 aliphatic rings. The zero-order valence-corrected chi connectivity index (χ0v) is 19.5. The summed E-state index contributed by atoms with van der Waals surface area (Å²) in [5.74, 6) is -0.941. The van der Waals surface area contributed by atoms with Crippen LogP contribution in [0.5, 0.6) is 5.75 Å². The number of aliphatic hydroxyl groups is 2. The monoisotopic (exact) mass is 508 g/mol. The zero-order valence-electron chi connectivity index (χ0n) is 19.5. The Morgan fingerprint density at radius 2 is 1.92 bits per heavy atom. The van der Waals surface area contributed by atoms with Crippen LogP contribution < -0.4 is 10.1 Å². The van der Waals surface area contributed by atoms with Gasteiger partial charge in [-0.15, -0.1) is 13.2 Å². The first-order valence-corrected chi connectivity index (χ1v) is 11.3. The van der Waals surface area contributed by atoms with E-state index >= 15 is 0 Å². The summed E-state index contributed by atoms with van der Waals surface area (Å²) in [5, 5.41) is 33.2. The molecule has 0 bridgehead atoms. The van der Waals surface area contributed by atoms with Crippen LogP contribution in [0.1, 0.15) is 36.5 Å². The highest BCUT2D eigenvalue weighted by molar-refractivity contribution is 5.85. The number of rotatable bonds is 9. The summed E-state index contributed by atoms with van der Waals surface area (Å²) in [6.07, 6.45) is -9.02. The molecule has 2 aromatic carbocycles. The molecule has 4 atom stereocenters. The van der Waals surface area contributed by atoms with Crippen LogP contribution in [0.15, 0.2) is 48.5 Å². The molecule has 1 aliphatic carbocycles. The number of benzene rings is 2. The van der Waals surface area contributed by atoms with Crippen LogP contribution in [0.3, 0.4) is 0 Å². The van der Waals surface area contributed by atoms with Crippen molar-refractivity contribution in [3.05, 3.63) is 65.2 Å². The van der Waals surface area contributed by atoms with E-state index in [9.17, 15) is 33.4 Å². The van der Waals surface area contributed by atoms with Crippen LogP contribution in [0, 0.1) is 11.3 Å². The summed E-state index contributed by atoms with van der Waals surface area (Å²) in [6, 6.07) is 13.9. The van der Waals surface area contributed by atoms with E-state index in [0.717, 1.165) is 12.1 Å². The van der Waals surface area contributed by atoms with Gasteiger partial charge >= 0.3 is 6.36 Å². The van der Waals surface area contributed by atoms with E-state index in [4.69, 9.17) is 9.47 Å². The van der Waals surface area contributed by atoms with Crippen LogP contribution in [0.25, 0.3) is 0 Å². The van der Waals surface area contributed by atoms with Crippen molar-refractivity contribution in [2.24, 2.45) is 0 Å². The molecule has 0 radical (unpaired) electrons. The Morgan fingerprint density at radius 1 is 1.17 bits per heavy atom. The molecular formula is C25H27F3N2O6. The van der Waals surface area contributed by atoms with Gasteiger partial charge in [0.2, 0.25) is 0 Å². The van der Waals surface area contributed by atoms with Crippen molar-refractivity contribution in [2.75, 3.05) is 6.54 Å². The summed E-state index contributed by atoms with van der Waals surface area (Å²) in [6.45, 7) is 1.68. The Hall–Kier alpha value is -3.17. The summed E-state index contributed by atoms with van der Waals surface area (Å²) in [5.41, 5.74) is -0.336. The number of carbonyl (C=O) groups is 1. The molecule has 0 aliphatic heterocycles. The molecule has 11 heteroatoms. The van der Waals surface area contributed by atoms with Gasteiger partial charge in [0.05, 0.1) is 37.1 Å². The number of aliphatic hydroxyl groups excluding tert-OH is 2. The van der Waals surface area contributed by atoms with E-state index in [-0.39, 0.29) is 32.6 Å². The third-order valence-electron chi connectivity index (χ3n) is 5.83. The highest BCUT2D eigenvalue weighted by Gasteiger charge is 2.51. The molecule has 194 valence electrons. The standard InChI is InChI=1S/C25H27F3N2O6/c1-2-30-23(33)24(35-15-18-8-4-3-7-17(18)13-29)11-20(31)22(32)21(12-24)34-14-16-6-5-9-19(10-16)36-25(26,27)28/h3-10,20-22,31-32H,2,11-12,14-15H2,1H3,(H,30,33)/t20-,21?,22-,24+/m1/s1. The Labute approximate surface area is 206 Å². The molecule has 3 N–H and O–H groups in total. The van der Waals surface area contributed by atoms with Crippen LogP contribution in [0.2, 0.25) is 0 Å². The minimum absolute atomic E-state index is 0.104. The van der Waals surface area contributed by atoms with Gasteiger partial charge in [-0.3, -0.25) is 4.79 Å². The summed E-state index contributed by atoms with van der Waals surface area (Å²) < 4.78 is 53.3. The molecule has 2 aromatic rings. The number of hydrogen-bond acceptors (Lipinski definition) is 7. The molecule has 1 saturated carbocycles. The fraction of sp³-hybridized carbons (Fsp3) is 0.440. The van der Waals surface area contributed by atoms with Gasteiger partial charge in [0.1, 0.15) is 11.9 Å². The third kappa shape index (κ3) is 6.95. The van der Waals surface area contributed by atoms with E-state index in [2.05, 4.69) is 16.1 Å². The van der Waals surface area contributed by atoms with Gasteiger partial charge in [0.15, 0.2) is 5.60 Å². The molecule has 1 amide bonds. The van der Waals surface area contributed by atoms with Gasteiger partial charge in [-0.25, -0.2) is 0 Å². The highest BCUT2D eigenvalue weighted by atomic mass is 19.4. The maximum absolute atomic E-state index is 13.1. The van der Waals surface area contributed by atoms with Crippen molar-refractivity contribution in [1.29, 1.82) is 5.26 Å². The molecule has 1 unspecified atom stereocenters. The van der Waals surface area contributed by atoms with E-state index in [1.165, 1.54) is 12.1 Å². The minimum Gasteiger partial charge on any atom is -0.406 e. The van der Waals surface area contributed by atoms with Gasteiger partial charge in [-0.05, 0) is 36.2 Å². The van der Waals surface area contributed by atoms with E-state index in [1.807, 2.05) is 0 Å². The Morgan fingerprint density at radius 3 is 2.61 bits per heavy atom. The average molecular weight is 508 g/mol. The number of hydrogen-bond donors (Lipinski definition) is 3. The van der Waals surface area contributed by atoms with Crippen LogP contribution in [-0.4, -0.2) is 52.9 Å². The quantitative estimate of drug-likeness (QED) is 0.476. The van der Waals surface area contributed by atoms with E-state index < -0.39 is 41.9 Å². The summed E-state index contributed by atoms with van der Waals surface area (Å²) in [4.78, 5) is 13.1. The maximum atomic E-state index is 13.1. The Balaban J connectivity index is 1.79. The number of nitrogens with one attached hydrogen (secondary N) is 1. The van der Waals surface area contributed by atoms with Crippen LogP contribution >= 0.6 is 0 Å². The fourth-order valence-corrected chi connectivity index (χ4v) is 4.09. The lowest BCUT2D eigenvalue weighted by atomic mass is 9.78. The Kier molecular flexibility index (Phi) is 8.92. The minimum atomic E-state index is -4.85. The maximum Gasteiger partial charge on any atom is 0.573 e. The fourth-order valence-electron chi connectivity index (χ4n) is 4.09. The van der Waals surface area contributed by atoms with Crippen molar-refractivity contribution in [2.45, 2.75) is 63.3 Å². The molecule has 1 fully saturated rings. The predicted molar refractivity (Wildman–Crippen MR) is 120 cm³/mol. The second-order valence-electron chi connectivity index (χ2n) is 8.42. The number of carbonyl (C=O) groups excluding carboxylic acids is 1. The number of ether oxygens (including phenoxy) is 3. The number of alkyl halides is 3. The van der Waals surface area contributed by atoms with Gasteiger partial charge in [-0.1, -0.05) is 30.3 Å². The molecule has 3 rings (SSSR count). The van der Waals surface area contributed by atoms with E-state index in [0.29, 0.717) is 16.7 Å². The van der Waals surface area contributed by atoms with Crippen molar-refractivity contribution >= 4 is 5.91 Å². The second kappa shape index (κ2) is 11.7. The number of likely N-dealkylation sites (N-methyl/N-ethyl adjacent to an activating group) is 1.